The van der Waals surface area contributed by atoms with Gasteiger partial charge in [0.05, 0.1) is 0 Å². The van der Waals surface area contributed by atoms with Gasteiger partial charge in [-0.15, -0.1) is 0 Å². The van der Waals surface area contributed by atoms with Gasteiger partial charge in [0, 0.05) is 5.54 Å². The summed E-state index contributed by atoms with van der Waals surface area (Å²) in [7, 11) is 4.82. The Kier molecular flexibility index (Phi) is 2.90. The average Bonchev–Trinajstić information content (AvgIpc) is 1.62. The van der Waals surface area contributed by atoms with Crippen molar-refractivity contribution in [3.05, 3.63) is 0 Å². The van der Waals surface area contributed by atoms with Gasteiger partial charge in [-0.25, -0.2) is 0 Å². The van der Waals surface area contributed by atoms with Crippen LogP contribution in [0.5, 0.6) is 0 Å². The predicted molar refractivity (Wildman–Crippen MR) is 51.0 cm³/mol. The van der Waals surface area contributed by atoms with Crippen LogP contribution in [-0.2, 0) is 0 Å². The Morgan fingerprint density at radius 1 is 1.00 bits per heavy atom. The van der Waals surface area contributed by atoms with Gasteiger partial charge in [-0.3, -0.25) is 4.67 Å². The van der Waals surface area contributed by atoms with Crippen molar-refractivity contribution in [2.75, 3.05) is 7.05 Å². The SMILES string of the molecule is CN(P)C(C)(C)C(C)(C)C. The molecule has 0 aromatic heterocycles. The van der Waals surface area contributed by atoms with Crippen molar-refractivity contribution in [3.8, 4) is 0 Å². The van der Waals surface area contributed by atoms with Gasteiger partial charge in [0.25, 0.3) is 0 Å². The summed E-state index contributed by atoms with van der Waals surface area (Å²) in [6.07, 6.45) is 0. The fraction of sp³-hybridized carbons (Fsp3) is 1.00. The Morgan fingerprint density at radius 2 is 1.30 bits per heavy atom. The molecule has 0 bridgehead atoms. The number of hydrogen-bond donors (Lipinski definition) is 0. The molecule has 0 rings (SSSR count). The van der Waals surface area contributed by atoms with Gasteiger partial charge in [0.1, 0.15) is 0 Å². The van der Waals surface area contributed by atoms with Crippen LogP contribution in [0.4, 0.5) is 0 Å². The molecule has 0 aliphatic heterocycles. The second-order valence-electron chi connectivity index (χ2n) is 4.42. The number of nitrogens with zero attached hydrogens (tertiary/aromatic N) is 1. The van der Waals surface area contributed by atoms with Crippen molar-refractivity contribution in [3.63, 3.8) is 0 Å². The Bertz CT molecular complexity index is 111. The van der Waals surface area contributed by atoms with E-state index in [4.69, 9.17) is 0 Å². The summed E-state index contributed by atoms with van der Waals surface area (Å²) in [5.41, 5.74) is 0.557. The standard InChI is InChI=1S/C8H20NP/c1-7(2,3)8(4,5)9(6)10/h10H2,1-6H3. The van der Waals surface area contributed by atoms with Gasteiger partial charge in [-0.05, 0) is 26.3 Å². The van der Waals surface area contributed by atoms with Gasteiger partial charge >= 0.3 is 0 Å². The first-order valence-corrected chi connectivity index (χ1v) is 4.20. The van der Waals surface area contributed by atoms with Gasteiger partial charge < -0.3 is 0 Å². The molecule has 0 fully saturated rings. The van der Waals surface area contributed by atoms with E-state index in [1.165, 1.54) is 0 Å². The Labute approximate surface area is 67.4 Å². The van der Waals surface area contributed by atoms with E-state index in [9.17, 15) is 0 Å². The average molecular weight is 161 g/mol. The lowest BCUT2D eigenvalue weighted by Crippen LogP contribution is -2.46. The van der Waals surface area contributed by atoms with Crippen LogP contribution in [0.3, 0.4) is 0 Å². The quantitative estimate of drug-likeness (QED) is 0.534. The molecule has 0 saturated heterocycles. The van der Waals surface area contributed by atoms with E-state index < -0.39 is 0 Å². The maximum absolute atomic E-state index is 2.72. The smallest absolute Gasteiger partial charge is 0.0230 e. The van der Waals surface area contributed by atoms with E-state index in [2.05, 4.69) is 55.7 Å². The van der Waals surface area contributed by atoms with Crippen LogP contribution in [-0.4, -0.2) is 17.3 Å². The summed E-state index contributed by atoms with van der Waals surface area (Å²) >= 11 is 0. The molecule has 0 radical (unpaired) electrons. The number of hydrogen-bond acceptors (Lipinski definition) is 1. The summed E-state index contributed by atoms with van der Waals surface area (Å²) in [5, 5.41) is 0. The summed E-state index contributed by atoms with van der Waals surface area (Å²) in [5.74, 6) is 0. The normalized spacial score (nSPS) is 14.4. The monoisotopic (exact) mass is 161 g/mol. The third-order valence-electron chi connectivity index (χ3n) is 2.72. The third kappa shape index (κ3) is 1.93. The summed E-state index contributed by atoms with van der Waals surface area (Å²) in [6.45, 7) is 11.3. The first-order valence-electron chi connectivity index (χ1n) is 3.68. The lowest BCUT2D eigenvalue weighted by molar-refractivity contribution is 0.117. The molecule has 1 atom stereocenters. The highest BCUT2D eigenvalue weighted by atomic mass is 31.0. The summed E-state index contributed by atoms with van der Waals surface area (Å²) in [6, 6.07) is 0. The maximum Gasteiger partial charge on any atom is 0.0230 e. The van der Waals surface area contributed by atoms with Crippen molar-refractivity contribution < 1.29 is 0 Å². The molecule has 10 heavy (non-hydrogen) atoms. The molecule has 0 aromatic rings. The van der Waals surface area contributed by atoms with Gasteiger partial charge in [-0.1, -0.05) is 30.2 Å². The van der Waals surface area contributed by atoms with Crippen LogP contribution in [0, 0.1) is 5.41 Å². The molecule has 1 nitrogen and oxygen atoms in total. The molecule has 0 amide bonds. The highest BCUT2D eigenvalue weighted by Gasteiger charge is 2.34. The zero-order chi connectivity index (χ0) is 8.58. The van der Waals surface area contributed by atoms with Crippen molar-refractivity contribution in [2.24, 2.45) is 5.41 Å². The highest BCUT2D eigenvalue weighted by Crippen LogP contribution is 2.35. The van der Waals surface area contributed by atoms with E-state index in [1.807, 2.05) is 0 Å². The Hall–Kier alpha value is 0.390. The van der Waals surface area contributed by atoms with Gasteiger partial charge in [0.15, 0.2) is 0 Å². The molecular weight excluding hydrogens is 141 g/mol. The molecular formula is C8H20NP. The minimum Gasteiger partial charge on any atom is -0.284 e. The Morgan fingerprint density at radius 3 is 1.30 bits per heavy atom. The predicted octanol–water partition coefficient (Wildman–Crippen LogP) is 2.53. The topological polar surface area (TPSA) is 3.24 Å². The van der Waals surface area contributed by atoms with Crippen LogP contribution < -0.4 is 0 Å². The van der Waals surface area contributed by atoms with Crippen molar-refractivity contribution in [1.29, 1.82) is 0 Å². The molecule has 0 aliphatic rings. The first kappa shape index (κ1) is 10.4. The van der Waals surface area contributed by atoms with Gasteiger partial charge in [0.2, 0.25) is 0 Å². The van der Waals surface area contributed by atoms with Gasteiger partial charge in [-0.2, -0.15) is 0 Å². The van der Waals surface area contributed by atoms with E-state index in [-0.39, 0.29) is 5.54 Å². The molecule has 0 heterocycles. The highest BCUT2D eigenvalue weighted by molar-refractivity contribution is 7.13. The minimum absolute atomic E-state index is 0.234. The maximum atomic E-state index is 2.72. The molecule has 62 valence electrons. The third-order valence-corrected chi connectivity index (χ3v) is 3.36. The van der Waals surface area contributed by atoms with E-state index >= 15 is 0 Å². The van der Waals surface area contributed by atoms with Crippen LogP contribution >= 0.6 is 9.39 Å². The van der Waals surface area contributed by atoms with Crippen LogP contribution in [0.2, 0.25) is 0 Å². The second kappa shape index (κ2) is 2.79. The molecule has 0 aliphatic carbocycles. The fourth-order valence-corrected chi connectivity index (χ4v) is 0.916. The van der Waals surface area contributed by atoms with Crippen molar-refractivity contribution >= 4 is 9.39 Å². The zero-order valence-corrected chi connectivity index (χ0v) is 9.18. The summed E-state index contributed by atoms with van der Waals surface area (Å²) < 4.78 is 2.19. The Balaban J connectivity index is 4.40. The van der Waals surface area contributed by atoms with Crippen molar-refractivity contribution in [1.82, 2.24) is 4.67 Å². The molecule has 0 N–H and O–H groups in total. The molecule has 0 saturated carbocycles. The lowest BCUT2D eigenvalue weighted by atomic mass is 9.76. The molecule has 1 unspecified atom stereocenters. The van der Waals surface area contributed by atoms with E-state index in [0.29, 0.717) is 5.41 Å². The minimum atomic E-state index is 0.234. The fourth-order valence-electron chi connectivity index (χ4n) is 0.529. The van der Waals surface area contributed by atoms with E-state index in [1.54, 1.807) is 0 Å². The number of rotatable bonds is 1. The zero-order valence-electron chi connectivity index (χ0n) is 8.02. The van der Waals surface area contributed by atoms with Crippen LogP contribution in [0.25, 0.3) is 0 Å². The largest absolute Gasteiger partial charge is 0.284 e. The molecule has 0 spiro atoms. The lowest BCUT2D eigenvalue weighted by Gasteiger charge is -2.44. The van der Waals surface area contributed by atoms with E-state index in [0.717, 1.165) is 0 Å². The molecule has 2 heteroatoms. The molecule has 0 aromatic carbocycles. The van der Waals surface area contributed by atoms with Crippen LogP contribution in [0.15, 0.2) is 0 Å². The van der Waals surface area contributed by atoms with Crippen LogP contribution in [0.1, 0.15) is 34.6 Å². The second-order valence-corrected chi connectivity index (χ2v) is 5.19. The summed E-state index contributed by atoms with van der Waals surface area (Å²) in [4.78, 5) is 0. The first-order chi connectivity index (χ1) is 4.19. The van der Waals surface area contributed by atoms with Crippen molar-refractivity contribution in [2.45, 2.75) is 40.2 Å².